The van der Waals surface area contributed by atoms with Crippen molar-refractivity contribution < 1.29 is 9.18 Å². The highest BCUT2D eigenvalue weighted by molar-refractivity contribution is 5.95. The average molecular weight is 255 g/mol. The summed E-state index contributed by atoms with van der Waals surface area (Å²) in [5.41, 5.74) is 1.94. The molecule has 0 fully saturated rings. The smallest absolute Gasteiger partial charge is 0.186 e. The zero-order valence-corrected chi connectivity index (χ0v) is 9.95. The first kappa shape index (κ1) is 11.5. The first-order valence-electron chi connectivity index (χ1n) is 5.81. The minimum absolute atomic E-state index is 0.0420. The SMILES string of the molecule is O=C(Cn1nc2ccccc2n1)c1ccc(F)cc1. The van der Waals surface area contributed by atoms with E-state index in [0.29, 0.717) is 5.56 Å². The van der Waals surface area contributed by atoms with Gasteiger partial charge in [-0.1, -0.05) is 12.1 Å². The molecule has 0 radical (unpaired) electrons. The highest BCUT2D eigenvalue weighted by atomic mass is 19.1. The van der Waals surface area contributed by atoms with Gasteiger partial charge in [0.25, 0.3) is 0 Å². The van der Waals surface area contributed by atoms with Crippen LogP contribution in [-0.4, -0.2) is 20.8 Å². The number of fused-ring (bicyclic) bond motifs is 1. The zero-order valence-electron chi connectivity index (χ0n) is 9.95. The van der Waals surface area contributed by atoms with Crippen LogP contribution in [0.2, 0.25) is 0 Å². The molecule has 0 spiro atoms. The van der Waals surface area contributed by atoms with Crippen molar-refractivity contribution in [2.45, 2.75) is 6.54 Å². The van der Waals surface area contributed by atoms with Crippen LogP contribution in [0.25, 0.3) is 11.0 Å². The van der Waals surface area contributed by atoms with Gasteiger partial charge in [-0.05, 0) is 36.4 Å². The van der Waals surface area contributed by atoms with Gasteiger partial charge in [-0.3, -0.25) is 4.79 Å². The molecule has 0 N–H and O–H groups in total. The van der Waals surface area contributed by atoms with E-state index in [-0.39, 0.29) is 18.1 Å². The molecule has 1 aromatic heterocycles. The summed E-state index contributed by atoms with van der Waals surface area (Å²) in [5.74, 6) is -0.514. The summed E-state index contributed by atoms with van der Waals surface area (Å²) in [4.78, 5) is 13.3. The van der Waals surface area contributed by atoms with E-state index >= 15 is 0 Å². The number of aromatic nitrogens is 3. The molecule has 0 amide bonds. The van der Waals surface area contributed by atoms with Gasteiger partial charge in [0.15, 0.2) is 5.78 Å². The van der Waals surface area contributed by atoms with E-state index in [0.717, 1.165) is 11.0 Å². The van der Waals surface area contributed by atoms with Crippen LogP contribution >= 0.6 is 0 Å². The minimum Gasteiger partial charge on any atom is -0.292 e. The number of benzene rings is 2. The summed E-state index contributed by atoms with van der Waals surface area (Å²) >= 11 is 0. The van der Waals surface area contributed by atoms with Gasteiger partial charge in [-0.15, -0.1) is 0 Å². The number of nitrogens with zero attached hydrogens (tertiary/aromatic N) is 3. The van der Waals surface area contributed by atoms with Crippen molar-refractivity contribution in [1.82, 2.24) is 15.0 Å². The Kier molecular flexibility index (Phi) is 2.79. The molecule has 2 aromatic carbocycles. The first-order valence-corrected chi connectivity index (χ1v) is 5.81. The summed E-state index contributed by atoms with van der Waals surface area (Å²) in [5, 5.41) is 8.41. The fraction of sp³-hybridized carbons (Fsp3) is 0.0714. The van der Waals surface area contributed by atoms with Gasteiger partial charge < -0.3 is 0 Å². The minimum atomic E-state index is -0.362. The largest absolute Gasteiger partial charge is 0.292 e. The number of rotatable bonds is 3. The van der Waals surface area contributed by atoms with Crippen LogP contribution in [0.4, 0.5) is 4.39 Å². The summed E-state index contributed by atoms with van der Waals surface area (Å²) < 4.78 is 12.8. The molecule has 5 heteroatoms. The molecule has 0 atom stereocenters. The van der Waals surface area contributed by atoms with E-state index < -0.39 is 0 Å². The number of hydrogen-bond donors (Lipinski definition) is 0. The Labute approximate surface area is 108 Å². The van der Waals surface area contributed by atoms with Crippen LogP contribution in [-0.2, 0) is 6.54 Å². The van der Waals surface area contributed by atoms with E-state index in [1.807, 2.05) is 24.3 Å². The van der Waals surface area contributed by atoms with Crippen molar-refractivity contribution in [3.05, 3.63) is 59.9 Å². The normalized spacial score (nSPS) is 10.8. The third-order valence-electron chi connectivity index (χ3n) is 2.78. The maximum Gasteiger partial charge on any atom is 0.186 e. The van der Waals surface area contributed by atoms with Gasteiger partial charge in [0.2, 0.25) is 0 Å². The summed E-state index contributed by atoms with van der Waals surface area (Å²) in [6.45, 7) is 0.0420. The average Bonchev–Trinajstić information content (AvgIpc) is 2.81. The summed E-state index contributed by atoms with van der Waals surface area (Å²) in [6.07, 6.45) is 0. The maximum atomic E-state index is 12.8. The fourth-order valence-electron chi connectivity index (χ4n) is 1.83. The van der Waals surface area contributed by atoms with Gasteiger partial charge in [0, 0.05) is 5.56 Å². The number of Topliss-reactive ketones (excluding diaryl/α,β-unsaturated/α-hetero) is 1. The molecule has 0 bridgehead atoms. The van der Waals surface area contributed by atoms with Crippen molar-refractivity contribution >= 4 is 16.8 Å². The van der Waals surface area contributed by atoms with Crippen LogP contribution in [0.3, 0.4) is 0 Å². The Balaban J connectivity index is 1.84. The second-order valence-electron chi connectivity index (χ2n) is 4.15. The van der Waals surface area contributed by atoms with Crippen LogP contribution in [0.1, 0.15) is 10.4 Å². The van der Waals surface area contributed by atoms with E-state index in [1.54, 1.807) is 0 Å². The number of halogens is 1. The lowest BCUT2D eigenvalue weighted by atomic mass is 10.1. The van der Waals surface area contributed by atoms with Crippen LogP contribution in [0.5, 0.6) is 0 Å². The molecule has 0 aliphatic rings. The summed E-state index contributed by atoms with van der Waals surface area (Å²) in [7, 11) is 0. The molecule has 94 valence electrons. The van der Waals surface area contributed by atoms with Crippen molar-refractivity contribution in [1.29, 1.82) is 0 Å². The van der Waals surface area contributed by atoms with Crippen LogP contribution in [0, 0.1) is 5.82 Å². The van der Waals surface area contributed by atoms with Crippen LogP contribution in [0.15, 0.2) is 48.5 Å². The van der Waals surface area contributed by atoms with Crippen molar-refractivity contribution in [3.63, 3.8) is 0 Å². The second kappa shape index (κ2) is 4.61. The molecule has 19 heavy (non-hydrogen) atoms. The molecule has 0 aliphatic heterocycles. The monoisotopic (exact) mass is 255 g/mol. The van der Waals surface area contributed by atoms with E-state index in [9.17, 15) is 9.18 Å². The van der Waals surface area contributed by atoms with Gasteiger partial charge in [0.05, 0.1) is 0 Å². The Morgan fingerprint density at radius 1 is 1.00 bits per heavy atom. The molecule has 0 aliphatic carbocycles. The molecular weight excluding hydrogens is 245 g/mol. The molecular formula is C14H10FN3O. The lowest BCUT2D eigenvalue weighted by Gasteiger charge is -1.99. The molecule has 0 saturated heterocycles. The third-order valence-corrected chi connectivity index (χ3v) is 2.78. The quantitative estimate of drug-likeness (QED) is 0.675. The number of carbonyl (C=O) groups excluding carboxylic acids is 1. The third kappa shape index (κ3) is 2.35. The van der Waals surface area contributed by atoms with Gasteiger partial charge in [-0.25, -0.2) is 4.39 Å². The molecule has 4 nitrogen and oxygen atoms in total. The topological polar surface area (TPSA) is 47.8 Å². The van der Waals surface area contributed by atoms with Crippen molar-refractivity contribution in [3.8, 4) is 0 Å². The molecule has 0 saturated carbocycles. The van der Waals surface area contributed by atoms with E-state index in [4.69, 9.17) is 0 Å². The summed E-state index contributed by atoms with van der Waals surface area (Å²) in [6, 6.07) is 12.8. The molecule has 1 heterocycles. The van der Waals surface area contributed by atoms with Crippen molar-refractivity contribution in [2.75, 3.05) is 0 Å². The molecule has 3 aromatic rings. The predicted octanol–water partition coefficient (Wildman–Crippen LogP) is 2.45. The van der Waals surface area contributed by atoms with Gasteiger partial charge >= 0.3 is 0 Å². The zero-order chi connectivity index (χ0) is 13.2. The maximum absolute atomic E-state index is 12.8. The highest BCUT2D eigenvalue weighted by Gasteiger charge is 2.09. The second-order valence-corrected chi connectivity index (χ2v) is 4.15. The van der Waals surface area contributed by atoms with Gasteiger partial charge in [-0.2, -0.15) is 15.0 Å². The number of carbonyl (C=O) groups is 1. The Bertz CT molecular complexity index is 701. The Hall–Kier alpha value is -2.56. The van der Waals surface area contributed by atoms with E-state index in [2.05, 4.69) is 10.2 Å². The molecule has 3 rings (SSSR count). The fourth-order valence-corrected chi connectivity index (χ4v) is 1.83. The standard InChI is InChI=1S/C14H10FN3O/c15-11-7-5-10(6-8-11)14(19)9-18-16-12-3-1-2-4-13(12)17-18/h1-8H,9H2. The number of hydrogen-bond acceptors (Lipinski definition) is 3. The highest BCUT2D eigenvalue weighted by Crippen LogP contribution is 2.09. The van der Waals surface area contributed by atoms with Crippen LogP contribution < -0.4 is 0 Å². The number of ketones is 1. The lowest BCUT2D eigenvalue weighted by molar-refractivity contribution is 0.0962. The first-order chi connectivity index (χ1) is 9.22. The van der Waals surface area contributed by atoms with Gasteiger partial charge in [0.1, 0.15) is 23.4 Å². The van der Waals surface area contributed by atoms with Crippen molar-refractivity contribution in [2.24, 2.45) is 0 Å². The van der Waals surface area contributed by atoms with E-state index in [1.165, 1.54) is 29.1 Å². The lowest BCUT2D eigenvalue weighted by Crippen LogP contribution is -2.12. The predicted molar refractivity (Wildman–Crippen MR) is 68.3 cm³/mol. The Morgan fingerprint density at radius 2 is 1.58 bits per heavy atom. The Morgan fingerprint density at radius 3 is 2.16 bits per heavy atom. The molecule has 0 unspecified atom stereocenters.